The third-order valence-electron chi connectivity index (χ3n) is 5.43. The molecule has 0 unspecified atom stereocenters. The van der Waals surface area contributed by atoms with E-state index in [0.29, 0.717) is 12.7 Å². The van der Waals surface area contributed by atoms with Crippen molar-refractivity contribution in [2.75, 3.05) is 6.61 Å². The fourth-order valence-electron chi connectivity index (χ4n) is 3.84. The Balaban J connectivity index is 1.67. The molecule has 2 aliphatic carbocycles. The molecule has 0 aromatic carbocycles. The third-order valence-corrected chi connectivity index (χ3v) is 5.43. The molecule has 0 heterocycles. The van der Waals surface area contributed by atoms with E-state index in [0.717, 1.165) is 17.8 Å². The van der Waals surface area contributed by atoms with E-state index in [1.807, 2.05) is 13.8 Å². The van der Waals surface area contributed by atoms with E-state index in [-0.39, 0.29) is 5.60 Å². The Morgan fingerprint density at radius 3 is 1.90 bits per heavy atom. The summed E-state index contributed by atoms with van der Waals surface area (Å²) in [5.41, 5.74) is -0.365. The molecule has 20 heavy (non-hydrogen) atoms. The molecule has 0 spiro atoms. The van der Waals surface area contributed by atoms with Crippen LogP contribution in [0, 0.1) is 17.8 Å². The molecule has 0 amide bonds. The van der Waals surface area contributed by atoms with Crippen LogP contribution in [0.4, 0.5) is 0 Å². The van der Waals surface area contributed by atoms with E-state index in [1.165, 1.54) is 51.4 Å². The highest BCUT2D eigenvalue weighted by Gasteiger charge is 2.31. The van der Waals surface area contributed by atoms with Gasteiger partial charge in [-0.2, -0.15) is 0 Å². The molecule has 3 heteroatoms. The number of hydrogen-bond donors (Lipinski definition) is 1. The monoisotopic (exact) mass is 283 g/mol. The van der Waals surface area contributed by atoms with Crippen molar-refractivity contribution in [3.05, 3.63) is 0 Å². The standard InChI is InChI=1S/C17H33NO2/c1-13-4-6-14(7-5-13)15-8-10-16(11-9-15)19-12-17(2,3)20-18/h13-16H,4-12,18H2,1-3H3. The summed E-state index contributed by atoms with van der Waals surface area (Å²) in [7, 11) is 0. The second-order valence-corrected chi connectivity index (χ2v) is 7.75. The van der Waals surface area contributed by atoms with Gasteiger partial charge in [-0.3, -0.25) is 4.84 Å². The first-order valence-electron chi connectivity index (χ1n) is 8.49. The van der Waals surface area contributed by atoms with Crippen LogP contribution in [0.15, 0.2) is 0 Å². The molecule has 0 saturated heterocycles. The Labute approximate surface area is 124 Å². The zero-order valence-corrected chi connectivity index (χ0v) is 13.6. The van der Waals surface area contributed by atoms with Crippen LogP contribution in [0.25, 0.3) is 0 Å². The third kappa shape index (κ3) is 4.71. The van der Waals surface area contributed by atoms with Crippen LogP contribution in [-0.4, -0.2) is 18.3 Å². The zero-order chi connectivity index (χ0) is 14.6. The summed E-state index contributed by atoms with van der Waals surface area (Å²) in [5, 5.41) is 0. The van der Waals surface area contributed by atoms with Crippen molar-refractivity contribution in [3.63, 3.8) is 0 Å². The molecule has 2 saturated carbocycles. The maximum Gasteiger partial charge on any atom is 0.107 e. The molecular formula is C17H33NO2. The van der Waals surface area contributed by atoms with E-state index >= 15 is 0 Å². The van der Waals surface area contributed by atoms with Gasteiger partial charge in [0.2, 0.25) is 0 Å². The summed E-state index contributed by atoms with van der Waals surface area (Å²) in [4.78, 5) is 4.93. The van der Waals surface area contributed by atoms with E-state index in [9.17, 15) is 0 Å². The van der Waals surface area contributed by atoms with Crippen molar-refractivity contribution in [2.45, 2.75) is 83.8 Å². The first-order valence-corrected chi connectivity index (χ1v) is 8.49. The van der Waals surface area contributed by atoms with Gasteiger partial charge in [-0.15, -0.1) is 0 Å². The first kappa shape index (κ1) is 16.3. The van der Waals surface area contributed by atoms with Crippen molar-refractivity contribution in [1.82, 2.24) is 0 Å². The van der Waals surface area contributed by atoms with Crippen molar-refractivity contribution in [1.29, 1.82) is 0 Å². The van der Waals surface area contributed by atoms with Gasteiger partial charge in [0.15, 0.2) is 0 Å². The maximum atomic E-state index is 5.99. The van der Waals surface area contributed by atoms with Gasteiger partial charge in [-0.1, -0.05) is 19.8 Å². The van der Waals surface area contributed by atoms with E-state index in [4.69, 9.17) is 15.5 Å². The van der Waals surface area contributed by atoms with Crippen molar-refractivity contribution >= 4 is 0 Å². The molecule has 2 fully saturated rings. The largest absolute Gasteiger partial charge is 0.375 e. The van der Waals surface area contributed by atoms with Gasteiger partial charge in [-0.05, 0) is 70.1 Å². The van der Waals surface area contributed by atoms with Crippen LogP contribution in [-0.2, 0) is 9.57 Å². The molecule has 0 atom stereocenters. The Morgan fingerprint density at radius 2 is 1.40 bits per heavy atom. The average molecular weight is 283 g/mol. The van der Waals surface area contributed by atoms with Gasteiger partial charge in [0.05, 0.1) is 12.7 Å². The van der Waals surface area contributed by atoms with E-state index in [2.05, 4.69) is 6.92 Å². The molecule has 0 aliphatic heterocycles. The fraction of sp³-hybridized carbons (Fsp3) is 1.00. The highest BCUT2D eigenvalue weighted by atomic mass is 16.6. The van der Waals surface area contributed by atoms with E-state index < -0.39 is 0 Å². The normalized spacial score (nSPS) is 36.0. The zero-order valence-electron chi connectivity index (χ0n) is 13.6. The van der Waals surface area contributed by atoms with Gasteiger partial charge in [-0.25, -0.2) is 5.90 Å². The topological polar surface area (TPSA) is 44.5 Å². The lowest BCUT2D eigenvalue weighted by Crippen LogP contribution is -2.36. The molecule has 2 rings (SSSR count). The van der Waals surface area contributed by atoms with Crippen molar-refractivity contribution in [3.8, 4) is 0 Å². The van der Waals surface area contributed by atoms with Crippen LogP contribution in [0.1, 0.15) is 72.1 Å². The molecule has 0 bridgehead atoms. The number of nitrogens with two attached hydrogens (primary N) is 1. The van der Waals surface area contributed by atoms with Gasteiger partial charge >= 0.3 is 0 Å². The Morgan fingerprint density at radius 1 is 0.900 bits per heavy atom. The molecule has 118 valence electrons. The van der Waals surface area contributed by atoms with E-state index in [1.54, 1.807) is 0 Å². The predicted molar refractivity (Wildman–Crippen MR) is 82.2 cm³/mol. The highest BCUT2D eigenvalue weighted by Crippen LogP contribution is 2.40. The number of rotatable bonds is 5. The minimum atomic E-state index is -0.365. The minimum absolute atomic E-state index is 0.365. The van der Waals surface area contributed by atoms with Crippen molar-refractivity contribution < 1.29 is 9.57 Å². The van der Waals surface area contributed by atoms with Crippen LogP contribution in [0.5, 0.6) is 0 Å². The Hall–Kier alpha value is -0.120. The molecule has 0 aromatic rings. The van der Waals surface area contributed by atoms with Crippen molar-refractivity contribution in [2.24, 2.45) is 23.7 Å². The lowest BCUT2D eigenvalue weighted by molar-refractivity contribution is -0.105. The second kappa shape index (κ2) is 7.24. The summed E-state index contributed by atoms with van der Waals surface area (Å²) in [6, 6.07) is 0. The predicted octanol–water partition coefficient (Wildman–Crippen LogP) is 4.06. The summed E-state index contributed by atoms with van der Waals surface area (Å²) in [6.07, 6.45) is 11.4. The molecule has 2 N–H and O–H groups in total. The smallest absolute Gasteiger partial charge is 0.107 e. The van der Waals surface area contributed by atoms with Gasteiger partial charge in [0.25, 0.3) is 0 Å². The second-order valence-electron chi connectivity index (χ2n) is 7.75. The van der Waals surface area contributed by atoms with Crippen LogP contribution >= 0.6 is 0 Å². The van der Waals surface area contributed by atoms with Crippen LogP contribution in [0.2, 0.25) is 0 Å². The number of ether oxygens (including phenoxy) is 1. The molecule has 3 nitrogen and oxygen atoms in total. The summed E-state index contributed by atoms with van der Waals surface area (Å²) < 4.78 is 5.99. The summed E-state index contributed by atoms with van der Waals surface area (Å²) in [5.74, 6) is 8.19. The summed E-state index contributed by atoms with van der Waals surface area (Å²) in [6.45, 7) is 6.95. The van der Waals surface area contributed by atoms with Crippen LogP contribution < -0.4 is 5.90 Å². The average Bonchev–Trinajstić information content (AvgIpc) is 2.47. The Bertz CT molecular complexity index is 277. The quantitative estimate of drug-likeness (QED) is 0.774. The molecule has 0 radical (unpaired) electrons. The van der Waals surface area contributed by atoms with Crippen LogP contribution in [0.3, 0.4) is 0 Å². The molecule has 2 aliphatic rings. The van der Waals surface area contributed by atoms with Gasteiger partial charge in [0, 0.05) is 0 Å². The highest BCUT2D eigenvalue weighted by molar-refractivity contribution is 4.82. The van der Waals surface area contributed by atoms with Gasteiger partial charge in [0.1, 0.15) is 5.60 Å². The lowest BCUT2D eigenvalue weighted by Gasteiger charge is -2.37. The van der Waals surface area contributed by atoms with Gasteiger partial charge < -0.3 is 4.74 Å². The first-order chi connectivity index (χ1) is 9.50. The minimum Gasteiger partial charge on any atom is -0.375 e. The molecule has 0 aromatic heterocycles. The lowest BCUT2D eigenvalue weighted by atomic mass is 9.71. The SMILES string of the molecule is CC1CCC(C2CCC(OCC(C)(C)ON)CC2)CC1. The molecular weight excluding hydrogens is 250 g/mol. The maximum absolute atomic E-state index is 5.99. The number of hydrogen-bond acceptors (Lipinski definition) is 3. The Kier molecular flexibility index (Phi) is 5.88. The fourth-order valence-corrected chi connectivity index (χ4v) is 3.84. The summed E-state index contributed by atoms with van der Waals surface area (Å²) >= 11 is 0.